The van der Waals surface area contributed by atoms with E-state index in [4.69, 9.17) is 4.98 Å². The number of hydrogen-bond acceptors (Lipinski definition) is 6. The largest absolute Gasteiger partial charge is 0.328 e. The molecule has 9 nitrogen and oxygen atoms in total. The molecule has 4 aromatic rings. The number of hydrogen-bond donors (Lipinski definition) is 0. The van der Waals surface area contributed by atoms with E-state index >= 15 is 0 Å². The second-order valence-corrected chi connectivity index (χ2v) is 8.82. The van der Waals surface area contributed by atoms with E-state index in [-0.39, 0.29) is 11.8 Å². The van der Waals surface area contributed by atoms with Gasteiger partial charge in [-0.1, -0.05) is 12.1 Å². The van der Waals surface area contributed by atoms with Crippen molar-refractivity contribution in [2.24, 2.45) is 0 Å². The molecule has 2 amide bonds. The van der Waals surface area contributed by atoms with Gasteiger partial charge in [0.1, 0.15) is 12.0 Å². The number of benzene rings is 1. The Bertz CT molecular complexity index is 1360. The van der Waals surface area contributed by atoms with Gasteiger partial charge in [-0.2, -0.15) is 0 Å². The summed E-state index contributed by atoms with van der Waals surface area (Å²) in [6, 6.07) is 6.96. The molecule has 1 aliphatic heterocycles. The first-order valence-electron chi connectivity index (χ1n) is 11.2. The fourth-order valence-electron chi connectivity index (χ4n) is 4.49. The Kier molecular flexibility index (Phi) is 5.20. The SMILES string of the molecule is Cc1c(C)n(CCN(C)C)c2ncn3nc(CCCN4C(=O)c5ccccc5C4=O)nc3c12. The molecule has 0 radical (unpaired) electrons. The average molecular weight is 446 g/mol. The summed E-state index contributed by atoms with van der Waals surface area (Å²) in [5.41, 5.74) is 5.01. The van der Waals surface area contributed by atoms with Gasteiger partial charge in [0.05, 0.1) is 16.5 Å². The lowest BCUT2D eigenvalue weighted by Crippen LogP contribution is -2.31. The van der Waals surface area contributed by atoms with E-state index in [0.29, 0.717) is 36.3 Å². The lowest BCUT2D eigenvalue weighted by molar-refractivity contribution is 0.0652. The molecule has 1 aliphatic rings. The first-order valence-corrected chi connectivity index (χ1v) is 11.2. The van der Waals surface area contributed by atoms with Crippen molar-refractivity contribution in [3.8, 4) is 0 Å². The maximum atomic E-state index is 12.6. The van der Waals surface area contributed by atoms with Crippen LogP contribution in [0.5, 0.6) is 0 Å². The number of amides is 2. The minimum Gasteiger partial charge on any atom is -0.328 e. The number of rotatable bonds is 7. The van der Waals surface area contributed by atoms with E-state index in [1.54, 1.807) is 35.1 Å². The molecular formula is C24H27N7O2. The fraction of sp³-hybridized carbons (Fsp3) is 0.375. The van der Waals surface area contributed by atoms with Crippen molar-refractivity contribution in [2.45, 2.75) is 33.2 Å². The molecule has 5 rings (SSSR count). The van der Waals surface area contributed by atoms with Crippen LogP contribution in [0.1, 0.15) is 44.2 Å². The quantitative estimate of drug-likeness (QED) is 0.406. The van der Waals surface area contributed by atoms with Crippen LogP contribution < -0.4 is 0 Å². The molecule has 0 N–H and O–H groups in total. The molecule has 170 valence electrons. The summed E-state index contributed by atoms with van der Waals surface area (Å²) in [6.07, 6.45) is 2.88. The second kappa shape index (κ2) is 8.08. The van der Waals surface area contributed by atoms with Gasteiger partial charge in [-0.05, 0) is 52.1 Å². The van der Waals surface area contributed by atoms with E-state index in [1.807, 2.05) is 0 Å². The summed E-state index contributed by atoms with van der Waals surface area (Å²) in [5, 5.41) is 5.62. The predicted molar refractivity (Wildman–Crippen MR) is 124 cm³/mol. The molecule has 9 heteroatoms. The molecule has 0 spiro atoms. The third kappa shape index (κ3) is 3.48. The van der Waals surface area contributed by atoms with E-state index < -0.39 is 0 Å². The van der Waals surface area contributed by atoms with Crippen molar-refractivity contribution in [2.75, 3.05) is 27.2 Å². The third-order valence-electron chi connectivity index (χ3n) is 6.42. The highest BCUT2D eigenvalue weighted by Gasteiger charge is 2.34. The molecule has 0 fully saturated rings. The molecule has 0 saturated carbocycles. The van der Waals surface area contributed by atoms with Gasteiger partial charge in [0.15, 0.2) is 11.5 Å². The van der Waals surface area contributed by atoms with Crippen LogP contribution in [0.2, 0.25) is 0 Å². The number of imide groups is 1. The standard InChI is InChI=1S/C24H27N7O2/c1-15-16(2)29(13-12-28(3)4)21-20(15)22-26-19(27-31(22)14-25-21)10-7-11-30-23(32)17-8-5-6-9-18(17)24(30)33/h5-6,8-9,14H,7,10-13H2,1-4H3. The maximum absolute atomic E-state index is 12.6. The second-order valence-electron chi connectivity index (χ2n) is 8.82. The van der Waals surface area contributed by atoms with Crippen LogP contribution in [0.4, 0.5) is 0 Å². The first-order chi connectivity index (χ1) is 15.9. The average Bonchev–Trinajstić information content (AvgIpc) is 3.40. The molecule has 0 aliphatic carbocycles. The van der Waals surface area contributed by atoms with E-state index in [2.05, 4.69) is 47.5 Å². The number of carbonyl (C=O) groups is 2. The summed E-state index contributed by atoms with van der Waals surface area (Å²) in [4.78, 5) is 38.1. The Morgan fingerprint density at radius 1 is 0.970 bits per heavy atom. The fourth-order valence-corrected chi connectivity index (χ4v) is 4.49. The monoisotopic (exact) mass is 445 g/mol. The smallest absolute Gasteiger partial charge is 0.261 e. The Hall–Kier alpha value is -3.59. The number of aryl methyl sites for hydroxylation is 2. The highest BCUT2D eigenvalue weighted by Crippen LogP contribution is 2.27. The van der Waals surface area contributed by atoms with Gasteiger partial charge in [0, 0.05) is 31.7 Å². The van der Waals surface area contributed by atoms with Gasteiger partial charge < -0.3 is 9.47 Å². The number of carbonyl (C=O) groups excluding carboxylic acids is 2. The summed E-state index contributed by atoms with van der Waals surface area (Å²) in [7, 11) is 4.12. The van der Waals surface area contributed by atoms with Crippen molar-refractivity contribution in [1.82, 2.24) is 33.9 Å². The molecule has 1 aromatic carbocycles. The lowest BCUT2D eigenvalue weighted by atomic mass is 10.1. The Balaban J connectivity index is 1.36. The molecule has 0 atom stereocenters. The molecule has 4 heterocycles. The normalized spacial score (nSPS) is 13.8. The molecule has 0 saturated heterocycles. The molecule has 0 bridgehead atoms. The van der Waals surface area contributed by atoms with Gasteiger partial charge in [-0.15, -0.1) is 5.10 Å². The van der Waals surface area contributed by atoms with Gasteiger partial charge in [0.25, 0.3) is 11.8 Å². The van der Waals surface area contributed by atoms with E-state index in [0.717, 1.165) is 35.3 Å². The zero-order chi connectivity index (χ0) is 23.3. The van der Waals surface area contributed by atoms with Crippen LogP contribution in [0.25, 0.3) is 16.7 Å². The minimum atomic E-state index is -0.227. The van der Waals surface area contributed by atoms with Crippen LogP contribution in [0, 0.1) is 13.8 Å². The number of aromatic nitrogens is 5. The topological polar surface area (TPSA) is 88.6 Å². The molecular weight excluding hydrogens is 418 g/mol. The maximum Gasteiger partial charge on any atom is 0.261 e. The van der Waals surface area contributed by atoms with Crippen LogP contribution in [0.15, 0.2) is 30.6 Å². The van der Waals surface area contributed by atoms with Crippen molar-refractivity contribution >= 4 is 28.5 Å². The zero-order valence-corrected chi connectivity index (χ0v) is 19.4. The summed E-state index contributed by atoms with van der Waals surface area (Å²) in [5.74, 6) is 0.225. The van der Waals surface area contributed by atoms with Crippen LogP contribution in [-0.2, 0) is 13.0 Å². The Morgan fingerprint density at radius 3 is 2.33 bits per heavy atom. The number of likely N-dealkylation sites (N-methyl/N-ethyl adjacent to an activating group) is 1. The van der Waals surface area contributed by atoms with E-state index in [9.17, 15) is 9.59 Å². The highest BCUT2D eigenvalue weighted by molar-refractivity contribution is 6.21. The highest BCUT2D eigenvalue weighted by atomic mass is 16.2. The van der Waals surface area contributed by atoms with Crippen LogP contribution >= 0.6 is 0 Å². The Morgan fingerprint density at radius 2 is 1.67 bits per heavy atom. The summed E-state index contributed by atoms with van der Waals surface area (Å²) < 4.78 is 3.96. The molecule has 0 unspecified atom stereocenters. The number of fused-ring (bicyclic) bond motifs is 4. The number of nitrogens with zero attached hydrogens (tertiary/aromatic N) is 7. The summed E-state index contributed by atoms with van der Waals surface area (Å²) >= 11 is 0. The van der Waals surface area contributed by atoms with Crippen molar-refractivity contribution in [3.05, 3.63) is 58.8 Å². The van der Waals surface area contributed by atoms with E-state index in [1.165, 1.54) is 10.6 Å². The zero-order valence-electron chi connectivity index (χ0n) is 19.4. The lowest BCUT2D eigenvalue weighted by Gasteiger charge is -2.12. The van der Waals surface area contributed by atoms with Gasteiger partial charge in [-0.3, -0.25) is 14.5 Å². The molecule has 33 heavy (non-hydrogen) atoms. The molecule has 3 aromatic heterocycles. The van der Waals surface area contributed by atoms with Crippen LogP contribution in [0.3, 0.4) is 0 Å². The Labute approximate surface area is 191 Å². The van der Waals surface area contributed by atoms with Crippen molar-refractivity contribution in [1.29, 1.82) is 0 Å². The van der Waals surface area contributed by atoms with Gasteiger partial charge in [0.2, 0.25) is 0 Å². The first kappa shape index (κ1) is 21.3. The van der Waals surface area contributed by atoms with Crippen molar-refractivity contribution in [3.63, 3.8) is 0 Å². The summed E-state index contributed by atoms with van der Waals surface area (Å²) in [6.45, 7) is 6.33. The minimum absolute atomic E-state index is 0.227. The van der Waals surface area contributed by atoms with Gasteiger partial charge in [-0.25, -0.2) is 14.5 Å². The van der Waals surface area contributed by atoms with Gasteiger partial charge >= 0.3 is 0 Å². The van der Waals surface area contributed by atoms with Crippen molar-refractivity contribution < 1.29 is 9.59 Å². The third-order valence-corrected chi connectivity index (χ3v) is 6.42. The predicted octanol–water partition coefficient (Wildman–Crippen LogP) is 2.49. The van der Waals surface area contributed by atoms with Crippen LogP contribution in [-0.4, -0.2) is 72.9 Å².